The molecule has 132 valence electrons. The maximum Gasteiger partial charge on any atom is 0.191 e. The second-order valence-electron chi connectivity index (χ2n) is 5.08. The Labute approximate surface area is 168 Å². The lowest BCUT2D eigenvalue weighted by atomic mass is 10.1. The molecule has 0 bridgehead atoms. The Kier molecular flexibility index (Phi) is 10.4. The molecule has 24 heavy (non-hydrogen) atoms. The van der Waals surface area contributed by atoms with E-state index in [9.17, 15) is 4.39 Å². The van der Waals surface area contributed by atoms with Crippen LogP contribution < -0.4 is 10.6 Å². The minimum atomic E-state index is -0.184. The topological polar surface area (TPSA) is 36.4 Å². The Morgan fingerprint density at radius 1 is 1.25 bits per heavy atom. The van der Waals surface area contributed by atoms with Gasteiger partial charge in [0.15, 0.2) is 5.96 Å². The third kappa shape index (κ3) is 6.98. The molecule has 0 radical (unpaired) electrons. The highest BCUT2D eigenvalue weighted by Crippen LogP contribution is 2.16. The quantitative estimate of drug-likeness (QED) is 0.354. The molecule has 2 aromatic rings. The summed E-state index contributed by atoms with van der Waals surface area (Å²) in [5.74, 6) is 1.38. The predicted molar refractivity (Wildman–Crippen MR) is 115 cm³/mol. The van der Waals surface area contributed by atoms with Gasteiger partial charge in [-0.2, -0.15) is 23.1 Å². The van der Waals surface area contributed by atoms with Gasteiger partial charge in [0.25, 0.3) is 0 Å². The molecule has 0 aliphatic rings. The van der Waals surface area contributed by atoms with Crippen molar-refractivity contribution >= 4 is 53.0 Å². The second-order valence-corrected chi connectivity index (χ2v) is 6.73. The number of nitrogens with one attached hydrogen (secondary N) is 2. The average Bonchev–Trinajstić information content (AvgIpc) is 3.06. The molecule has 7 heteroatoms. The summed E-state index contributed by atoms with van der Waals surface area (Å²) in [4.78, 5) is 4.23. The molecular weight excluding hydrogens is 456 g/mol. The molecule has 0 unspecified atom stereocenters. The van der Waals surface area contributed by atoms with Gasteiger partial charge in [-0.15, -0.1) is 24.0 Å². The standard InChI is InChI=1S/C17H22FN3S2.HI/c1-19-17(20-7-5-13-6-8-23-11-13)21-10-14-3-4-16(18)9-15(14)12-22-2;/h3-4,6,8-9,11H,5,7,10,12H2,1-2H3,(H2,19,20,21);1H. The van der Waals surface area contributed by atoms with E-state index in [0.29, 0.717) is 6.54 Å². The van der Waals surface area contributed by atoms with Gasteiger partial charge in [-0.05, 0) is 58.3 Å². The van der Waals surface area contributed by atoms with E-state index in [1.165, 1.54) is 11.6 Å². The Hall–Kier alpha value is -0.800. The molecule has 0 saturated heterocycles. The molecule has 0 aliphatic carbocycles. The van der Waals surface area contributed by atoms with E-state index < -0.39 is 0 Å². The van der Waals surface area contributed by atoms with Crippen molar-refractivity contribution in [1.82, 2.24) is 10.6 Å². The highest BCUT2D eigenvalue weighted by molar-refractivity contribution is 14.0. The zero-order valence-corrected chi connectivity index (χ0v) is 17.8. The van der Waals surface area contributed by atoms with Crippen LogP contribution in [0, 0.1) is 5.82 Å². The minimum absolute atomic E-state index is 0. The smallest absolute Gasteiger partial charge is 0.191 e. The van der Waals surface area contributed by atoms with Crippen molar-refractivity contribution in [1.29, 1.82) is 0 Å². The van der Waals surface area contributed by atoms with Crippen LogP contribution >= 0.6 is 47.1 Å². The van der Waals surface area contributed by atoms with Crippen molar-refractivity contribution in [2.24, 2.45) is 4.99 Å². The summed E-state index contributed by atoms with van der Waals surface area (Å²) in [6.45, 7) is 1.46. The van der Waals surface area contributed by atoms with Crippen LogP contribution in [0.15, 0.2) is 40.0 Å². The maximum atomic E-state index is 13.4. The van der Waals surface area contributed by atoms with E-state index in [1.807, 2.05) is 12.3 Å². The van der Waals surface area contributed by atoms with Gasteiger partial charge in [0.2, 0.25) is 0 Å². The zero-order chi connectivity index (χ0) is 16.5. The van der Waals surface area contributed by atoms with Gasteiger partial charge in [0.05, 0.1) is 0 Å². The SMILES string of the molecule is CN=C(NCCc1ccsc1)NCc1ccc(F)cc1CSC.I. The minimum Gasteiger partial charge on any atom is -0.356 e. The number of hydrogen-bond acceptors (Lipinski definition) is 3. The summed E-state index contributed by atoms with van der Waals surface area (Å²) in [5.41, 5.74) is 3.46. The summed E-state index contributed by atoms with van der Waals surface area (Å²) in [7, 11) is 1.76. The van der Waals surface area contributed by atoms with Crippen molar-refractivity contribution in [3.05, 3.63) is 57.5 Å². The number of benzene rings is 1. The molecular formula is C17H23FIN3S2. The zero-order valence-electron chi connectivity index (χ0n) is 13.8. The highest BCUT2D eigenvalue weighted by atomic mass is 127. The fraction of sp³-hybridized carbons (Fsp3) is 0.353. The molecule has 1 aromatic carbocycles. The number of nitrogens with zero attached hydrogens (tertiary/aromatic N) is 1. The molecule has 0 amide bonds. The summed E-state index contributed by atoms with van der Waals surface area (Å²) in [6.07, 6.45) is 2.99. The van der Waals surface area contributed by atoms with E-state index in [4.69, 9.17) is 0 Å². The highest BCUT2D eigenvalue weighted by Gasteiger charge is 2.05. The van der Waals surface area contributed by atoms with E-state index in [2.05, 4.69) is 32.5 Å². The molecule has 0 atom stereocenters. The Morgan fingerprint density at radius 3 is 2.75 bits per heavy atom. The number of rotatable bonds is 7. The predicted octanol–water partition coefficient (Wildman–Crippen LogP) is 4.28. The molecule has 0 aliphatic heterocycles. The molecule has 0 spiro atoms. The Bertz CT molecular complexity index is 633. The Balaban J connectivity index is 0.00000288. The van der Waals surface area contributed by atoms with E-state index in [1.54, 1.807) is 36.2 Å². The van der Waals surface area contributed by atoms with Crippen molar-refractivity contribution in [3.63, 3.8) is 0 Å². The van der Waals surface area contributed by atoms with Gasteiger partial charge in [-0.25, -0.2) is 4.39 Å². The number of guanidine groups is 1. The van der Waals surface area contributed by atoms with Gasteiger partial charge < -0.3 is 10.6 Å². The Morgan fingerprint density at radius 2 is 2.08 bits per heavy atom. The average molecular weight is 479 g/mol. The largest absolute Gasteiger partial charge is 0.356 e. The van der Waals surface area contributed by atoms with Crippen molar-refractivity contribution in [3.8, 4) is 0 Å². The fourth-order valence-corrected chi connectivity index (χ4v) is 3.50. The first kappa shape index (κ1) is 21.2. The lowest BCUT2D eigenvalue weighted by Crippen LogP contribution is -2.38. The van der Waals surface area contributed by atoms with Gasteiger partial charge in [0.1, 0.15) is 5.82 Å². The second kappa shape index (κ2) is 11.7. The van der Waals surface area contributed by atoms with Crippen LogP contribution in [-0.4, -0.2) is 25.8 Å². The van der Waals surface area contributed by atoms with Crippen molar-refractivity contribution in [2.75, 3.05) is 19.8 Å². The van der Waals surface area contributed by atoms with Crippen LogP contribution in [0.1, 0.15) is 16.7 Å². The molecule has 0 saturated carbocycles. The monoisotopic (exact) mass is 479 g/mol. The molecule has 2 N–H and O–H groups in total. The third-order valence-corrected chi connectivity index (χ3v) is 4.76. The van der Waals surface area contributed by atoms with Gasteiger partial charge in [0, 0.05) is 25.9 Å². The van der Waals surface area contributed by atoms with Crippen molar-refractivity contribution < 1.29 is 4.39 Å². The van der Waals surface area contributed by atoms with Crippen LogP contribution in [0.2, 0.25) is 0 Å². The van der Waals surface area contributed by atoms with Crippen LogP contribution in [0.5, 0.6) is 0 Å². The number of thioether (sulfide) groups is 1. The lowest BCUT2D eigenvalue weighted by molar-refractivity contribution is 0.625. The normalized spacial score (nSPS) is 11.0. The molecule has 1 aromatic heterocycles. The summed E-state index contributed by atoms with van der Waals surface area (Å²) in [5, 5.41) is 10.8. The van der Waals surface area contributed by atoms with E-state index in [-0.39, 0.29) is 29.8 Å². The van der Waals surface area contributed by atoms with Crippen LogP contribution in [0.3, 0.4) is 0 Å². The molecule has 2 rings (SSSR count). The third-order valence-electron chi connectivity index (χ3n) is 3.42. The first-order chi connectivity index (χ1) is 11.2. The first-order valence-electron chi connectivity index (χ1n) is 7.44. The molecule has 0 fully saturated rings. The van der Waals surface area contributed by atoms with E-state index >= 15 is 0 Å². The number of hydrogen-bond donors (Lipinski definition) is 2. The fourth-order valence-electron chi connectivity index (χ4n) is 2.22. The number of aliphatic imine (C=N–C) groups is 1. The summed E-state index contributed by atoms with van der Waals surface area (Å²) >= 11 is 3.40. The summed E-state index contributed by atoms with van der Waals surface area (Å²) in [6, 6.07) is 7.09. The first-order valence-corrected chi connectivity index (χ1v) is 9.78. The maximum absolute atomic E-state index is 13.4. The van der Waals surface area contributed by atoms with E-state index in [0.717, 1.165) is 35.8 Å². The molecule has 1 heterocycles. The number of halogens is 2. The van der Waals surface area contributed by atoms with Crippen LogP contribution in [-0.2, 0) is 18.7 Å². The lowest BCUT2D eigenvalue weighted by Gasteiger charge is -2.14. The van der Waals surface area contributed by atoms with Gasteiger partial charge >= 0.3 is 0 Å². The van der Waals surface area contributed by atoms with Crippen LogP contribution in [0.4, 0.5) is 4.39 Å². The van der Waals surface area contributed by atoms with Gasteiger partial charge in [-0.3, -0.25) is 4.99 Å². The van der Waals surface area contributed by atoms with Crippen molar-refractivity contribution in [2.45, 2.75) is 18.7 Å². The number of thiophene rings is 1. The van der Waals surface area contributed by atoms with Crippen LogP contribution in [0.25, 0.3) is 0 Å². The van der Waals surface area contributed by atoms with Gasteiger partial charge in [-0.1, -0.05) is 6.07 Å². The summed E-state index contributed by atoms with van der Waals surface area (Å²) < 4.78 is 13.4. The molecule has 3 nitrogen and oxygen atoms in total.